The zero-order valence-corrected chi connectivity index (χ0v) is 13.0. The molecule has 9 heteroatoms. The maximum absolute atomic E-state index is 11.9. The zero-order valence-electron chi connectivity index (χ0n) is 11.5. The average Bonchev–Trinajstić information content (AvgIpc) is 2.37. The molecule has 0 radical (unpaired) electrons. The number of carbonyl (C=O) groups is 1. The summed E-state index contributed by atoms with van der Waals surface area (Å²) in [6.45, 7) is 3.40. The van der Waals surface area contributed by atoms with Gasteiger partial charge in [0, 0.05) is 22.8 Å². The average molecular weight is 336 g/mol. The lowest BCUT2D eigenvalue weighted by Crippen LogP contribution is -2.11. The monoisotopic (exact) mass is 335 g/mol. The number of carbonyl (C=O) groups excluding carboxylic acids is 1. The van der Waals surface area contributed by atoms with Crippen LogP contribution in [0.3, 0.4) is 0 Å². The van der Waals surface area contributed by atoms with Crippen LogP contribution in [0.15, 0.2) is 17.0 Å². The second-order valence-electron chi connectivity index (χ2n) is 4.30. The summed E-state index contributed by atoms with van der Waals surface area (Å²) >= 11 is 0. The Morgan fingerprint density at radius 1 is 1.43 bits per heavy atom. The maximum Gasteiger partial charge on any atom is 0.338 e. The fourth-order valence-electron chi connectivity index (χ4n) is 1.63. The SMILES string of the molecule is CCCCOC(=O)c1cc([N+](=O)[O-])cc(S(=O)(=O)Cl)c1C. The molecule has 0 spiro atoms. The van der Waals surface area contributed by atoms with Crippen molar-refractivity contribution in [2.75, 3.05) is 6.61 Å². The topological polar surface area (TPSA) is 104 Å². The fourth-order valence-corrected chi connectivity index (χ4v) is 2.85. The van der Waals surface area contributed by atoms with Gasteiger partial charge < -0.3 is 4.74 Å². The highest BCUT2D eigenvalue weighted by Gasteiger charge is 2.25. The van der Waals surface area contributed by atoms with Crippen LogP contribution in [0.5, 0.6) is 0 Å². The summed E-state index contributed by atoms with van der Waals surface area (Å²) in [7, 11) is 1.03. The predicted octanol–water partition coefficient (Wildman–Crippen LogP) is 2.79. The first-order chi connectivity index (χ1) is 9.68. The summed E-state index contributed by atoms with van der Waals surface area (Å²) in [6.07, 6.45) is 1.45. The van der Waals surface area contributed by atoms with Crippen LogP contribution < -0.4 is 0 Å². The largest absolute Gasteiger partial charge is 0.462 e. The van der Waals surface area contributed by atoms with Crippen molar-refractivity contribution in [3.8, 4) is 0 Å². The van der Waals surface area contributed by atoms with E-state index in [-0.39, 0.29) is 17.7 Å². The van der Waals surface area contributed by atoms with Gasteiger partial charge >= 0.3 is 5.97 Å². The molecule has 0 aliphatic carbocycles. The van der Waals surface area contributed by atoms with Crippen LogP contribution in [0.2, 0.25) is 0 Å². The fraction of sp³-hybridized carbons (Fsp3) is 0.417. The Kier molecular flexibility index (Phi) is 5.68. The highest BCUT2D eigenvalue weighted by atomic mass is 35.7. The Hall–Kier alpha value is -1.67. The minimum absolute atomic E-state index is 0.0251. The highest BCUT2D eigenvalue weighted by molar-refractivity contribution is 8.13. The number of esters is 1. The Bertz CT molecular complexity index is 671. The molecule has 0 amide bonds. The normalized spacial score (nSPS) is 11.2. The Morgan fingerprint density at radius 2 is 2.05 bits per heavy atom. The van der Waals surface area contributed by atoms with Crippen molar-refractivity contribution in [1.82, 2.24) is 0 Å². The molecule has 0 aromatic heterocycles. The van der Waals surface area contributed by atoms with Gasteiger partial charge in [0.1, 0.15) is 0 Å². The number of benzene rings is 1. The van der Waals surface area contributed by atoms with Crippen molar-refractivity contribution in [1.29, 1.82) is 0 Å². The van der Waals surface area contributed by atoms with Gasteiger partial charge in [-0.1, -0.05) is 13.3 Å². The number of nitrogens with zero attached hydrogens (tertiary/aromatic N) is 1. The molecular formula is C12H14ClNO6S. The van der Waals surface area contributed by atoms with Crippen molar-refractivity contribution in [3.05, 3.63) is 33.4 Å². The standard InChI is InChI=1S/C12H14ClNO6S/c1-3-4-5-20-12(15)10-6-9(14(16)17)7-11(8(10)2)21(13,18)19/h6-7H,3-5H2,1-2H3. The first kappa shape index (κ1) is 17.4. The molecule has 0 atom stereocenters. The number of non-ortho nitro benzene ring substituents is 1. The molecule has 1 aromatic carbocycles. The number of hydrogen-bond acceptors (Lipinski definition) is 6. The van der Waals surface area contributed by atoms with Crippen LogP contribution in [0.25, 0.3) is 0 Å². The first-order valence-electron chi connectivity index (χ1n) is 6.09. The van der Waals surface area contributed by atoms with E-state index >= 15 is 0 Å². The Morgan fingerprint density at radius 3 is 2.52 bits per heavy atom. The number of hydrogen-bond donors (Lipinski definition) is 0. The van der Waals surface area contributed by atoms with Crippen LogP contribution in [0.1, 0.15) is 35.7 Å². The molecule has 1 rings (SSSR count). The molecule has 1 aromatic rings. The van der Waals surface area contributed by atoms with Gasteiger partial charge in [-0.25, -0.2) is 13.2 Å². The van der Waals surface area contributed by atoms with Crippen LogP contribution in [-0.4, -0.2) is 25.9 Å². The van der Waals surface area contributed by atoms with E-state index in [2.05, 4.69) is 0 Å². The van der Waals surface area contributed by atoms with Gasteiger partial charge in [0.15, 0.2) is 0 Å². The molecule has 0 aliphatic heterocycles. The van der Waals surface area contributed by atoms with Gasteiger partial charge in [-0.2, -0.15) is 0 Å². The molecule has 0 bridgehead atoms. The lowest BCUT2D eigenvalue weighted by atomic mass is 10.1. The van der Waals surface area contributed by atoms with Crippen molar-refractivity contribution in [2.24, 2.45) is 0 Å². The molecule has 0 saturated heterocycles. The number of ether oxygens (including phenoxy) is 1. The molecular weight excluding hydrogens is 322 g/mol. The van der Waals surface area contributed by atoms with E-state index in [1.54, 1.807) is 0 Å². The van der Waals surface area contributed by atoms with Crippen LogP contribution >= 0.6 is 10.7 Å². The van der Waals surface area contributed by atoms with Gasteiger partial charge in [-0.3, -0.25) is 10.1 Å². The van der Waals surface area contributed by atoms with Gasteiger partial charge in [0.25, 0.3) is 14.7 Å². The first-order valence-corrected chi connectivity index (χ1v) is 8.40. The summed E-state index contributed by atoms with van der Waals surface area (Å²) in [5, 5.41) is 10.8. The summed E-state index contributed by atoms with van der Waals surface area (Å²) < 4.78 is 27.9. The number of rotatable bonds is 6. The third-order valence-corrected chi connectivity index (χ3v) is 4.22. The number of nitro groups is 1. The third-order valence-electron chi connectivity index (χ3n) is 2.77. The Labute approximate surface area is 126 Å². The molecule has 7 nitrogen and oxygen atoms in total. The second-order valence-corrected chi connectivity index (χ2v) is 6.84. The number of nitro benzene ring substituents is 1. The van der Waals surface area contributed by atoms with E-state index in [0.717, 1.165) is 18.6 Å². The van der Waals surface area contributed by atoms with E-state index in [1.807, 2.05) is 6.92 Å². The van der Waals surface area contributed by atoms with Crippen LogP contribution in [-0.2, 0) is 13.8 Å². The molecule has 116 valence electrons. The van der Waals surface area contributed by atoms with E-state index in [1.165, 1.54) is 6.92 Å². The summed E-state index contributed by atoms with van der Waals surface area (Å²) in [5.41, 5.74) is -0.695. The van der Waals surface area contributed by atoms with Crippen molar-refractivity contribution in [2.45, 2.75) is 31.6 Å². The molecule has 0 fully saturated rings. The minimum atomic E-state index is -4.21. The third kappa shape index (κ3) is 4.40. The second kappa shape index (κ2) is 6.86. The van der Waals surface area contributed by atoms with Gasteiger partial charge in [-0.15, -0.1) is 0 Å². The molecule has 21 heavy (non-hydrogen) atoms. The smallest absolute Gasteiger partial charge is 0.338 e. The number of halogens is 1. The highest BCUT2D eigenvalue weighted by Crippen LogP contribution is 2.28. The molecule has 0 aliphatic rings. The Balaban J connectivity index is 3.34. The van der Waals surface area contributed by atoms with Crippen molar-refractivity contribution < 1.29 is 22.9 Å². The summed E-state index contributed by atoms with van der Waals surface area (Å²) in [6, 6.07) is 1.80. The van der Waals surface area contributed by atoms with Crippen molar-refractivity contribution in [3.63, 3.8) is 0 Å². The lowest BCUT2D eigenvalue weighted by molar-refractivity contribution is -0.385. The zero-order chi connectivity index (χ0) is 16.2. The van der Waals surface area contributed by atoms with E-state index < -0.39 is 30.5 Å². The summed E-state index contributed by atoms with van der Waals surface area (Å²) in [4.78, 5) is 21.5. The quantitative estimate of drug-likeness (QED) is 0.260. The molecule has 0 N–H and O–H groups in total. The van der Waals surface area contributed by atoms with Crippen LogP contribution in [0, 0.1) is 17.0 Å². The van der Waals surface area contributed by atoms with Gasteiger partial charge in [0.05, 0.1) is 22.0 Å². The minimum Gasteiger partial charge on any atom is -0.462 e. The summed E-state index contributed by atoms with van der Waals surface area (Å²) in [5.74, 6) is -0.814. The van der Waals surface area contributed by atoms with Gasteiger partial charge in [-0.05, 0) is 18.9 Å². The van der Waals surface area contributed by atoms with Crippen molar-refractivity contribution >= 4 is 31.4 Å². The van der Waals surface area contributed by atoms with E-state index in [4.69, 9.17) is 15.4 Å². The van der Waals surface area contributed by atoms with Gasteiger partial charge in [0.2, 0.25) is 0 Å². The lowest BCUT2D eigenvalue weighted by Gasteiger charge is -2.09. The van der Waals surface area contributed by atoms with Crippen LogP contribution in [0.4, 0.5) is 5.69 Å². The maximum atomic E-state index is 11.9. The predicted molar refractivity (Wildman–Crippen MR) is 76.1 cm³/mol. The van der Waals surface area contributed by atoms with E-state index in [0.29, 0.717) is 6.42 Å². The number of unbranched alkanes of at least 4 members (excludes halogenated alkanes) is 1. The van der Waals surface area contributed by atoms with E-state index in [9.17, 15) is 23.3 Å². The molecule has 0 saturated carbocycles. The molecule has 0 heterocycles. The molecule has 0 unspecified atom stereocenters.